The molecule has 0 saturated carbocycles. The molecule has 0 spiro atoms. The van der Waals surface area contributed by atoms with Crippen molar-refractivity contribution in [2.24, 2.45) is 13.0 Å². The van der Waals surface area contributed by atoms with Crippen molar-refractivity contribution in [1.82, 2.24) is 19.9 Å². The quantitative estimate of drug-likeness (QED) is 0.827. The normalized spacial score (nSPS) is 9.73. The summed E-state index contributed by atoms with van der Waals surface area (Å²) < 4.78 is 1.85. The van der Waals surface area contributed by atoms with Crippen LogP contribution in [0.3, 0.4) is 0 Å². The fourth-order valence-electron chi connectivity index (χ4n) is 1.80. The number of anilines is 1. The van der Waals surface area contributed by atoms with Crippen LogP contribution < -0.4 is 11.1 Å². The van der Waals surface area contributed by atoms with Crippen molar-refractivity contribution in [3.63, 3.8) is 0 Å². The zero-order chi connectivity index (χ0) is 16.7. The van der Waals surface area contributed by atoms with Crippen molar-refractivity contribution < 1.29 is 4.79 Å². The van der Waals surface area contributed by atoms with Crippen molar-refractivity contribution in [3.05, 3.63) is 18.1 Å². The summed E-state index contributed by atoms with van der Waals surface area (Å²) in [6.07, 6.45) is 3.28. The van der Waals surface area contributed by atoms with Crippen LogP contribution in [0.1, 0.15) is 33.3 Å². The molecule has 2 aromatic rings. The number of nitrogens with two attached hydrogens (primary N) is 1. The van der Waals surface area contributed by atoms with Gasteiger partial charge in [-0.25, -0.2) is 9.97 Å². The van der Waals surface area contributed by atoms with Gasteiger partial charge >= 0.3 is 0 Å². The second kappa shape index (κ2) is 8.03. The number of nitrogen functional groups attached to an aromatic ring is 1. The van der Waals surface area contributed by atoms with E-state index < -0.39 is 0 Å². The van der Waals surface area contributed by atoms with E-state index in [4.69, 9.17) is 5.73 Å². The topological polar surface area (TPSA) is 85.8 Å². The minimum atomic E-state index is -0.0431. The lowest BCUT2D eigenvalue weighted by molar-refractivity contribution is -0.123. The van der Waals surface area contributed by atoms with Gasteiger partial charge in [0.05, 0.1) is 17.5 Å². The van der Waals surface area contributed by atoms with E-state index in [9.17, 15) is 4.79 Å². The van der Waals surface area contributed by atoms with E-state index in [-0.39, 0.29) is 11.8 Å². The Balaban J connectivity index is 0.00000116. The molecule has 2 rings (SSSR count). The maximum absolute atomic E-state index is 11.4. The SMILES string of the molecule is CC.CC(C)C(=O)NCC#Cc1cn(C)c2ncnc(N)c12. The summed E-state index contributed by atoms with van der Waals surface area (Å²) in [7, 11) is 1.88. The monoisotopic (exact) mass is 301 g/mol. The summed E-state index contributed by atoms with van der Waals surface area (Å²) >= 11 is 0. The number of amides is 1. The zero-order valence-corrected chi connectivity index (χ0v) is 13.8. The van der Waals surface area contributed by atoms with Crippen LogP contribution in [-0.2, 0) is 11.8 Å². The van der Waals surface area contributed by atoms with Crippen molar-refractivity contribution in [3.8, 4) is 11.8 Å². The van der Waals surface area contributed by atoms with Crippen LogP contribution in [-0.4, -0.2) is 27.0 Å². The molecule has 118 valence electrons. The molecule has 6 nitrogen and oxygen atoms in total. The van der Waals surface area contributed by atoms with Gasteiger partial charge < -0.3 is 15.6 Å². The molecule has 0 unspecified atom stereocenters. The lowest BCUT2D eigenvalue weighted by atomic mass is 10.2. The molecule has 1 amide bonds. The van der Waals surface area contributed by atoms with Crippen LogP contribution in [0.2, 0.25) is 0 Å². The van der Waals surface area contributed by atoms with E-state index in [2.05, 4.69) is 27.1 Å². The van der Waals surface area contributed by atoms with Gasteiger partial charge in [0, 0.05) is 19.2 Å². The van der Waals surface area contributed by atoms with Gasteiger partial charge in [-0.2, -0.15) is 0 Å². The van der Waals surface area contributed by atoms with Gasteiger partial charge in [-0.15, -0.1) is 0 Å². The van der Waals surface area contributed by atoms with Gasteiger partial charge in [0.25, 0.3) is 0 Å². The standard InChI is InChI=1S/C14H17N5O.C2H6/c1-9(2)14(20)16-6-4-5-10-7-19(3)13-11(10)12(15)17-8-18-13;1-2/h7-9H,6H2,1-3H3,(H,16,20)(H2,15,17,18);1-2H3. The first-order chi connectivity index (χ1) is 10.5. The second-order valence-electron chi connectivity index (χ2n) is 4.79. The average Bonchev–Trinajstić information content (AvgIpc) is 2.83. The van der Waals surface area contributed by atoms with Crippen LogP contribution in [0, 0.1) is 17.8 Å². The molecule has 0 bridgehead atoms. The summed E-state index contributed by atoms with van der Waals surface area (Å²) in [4.78, 5) is 19.6. The minimum absolute atomic E-state index is 0.0138. The van der Waals surface area contributed by atoms with Crippen molar-refractivity contribution in [2.45, 2.75) is 27.7 Å². The molecule has 0 atom stereocenters. The highest BCUT2D eigenvalue weighted by Crippen LogP contribution is 2.21. The first-order valence-corrected chi connectivity index (χ1v) is 7.32. The number of aryl methyl sites for hydroxylation is 1. The summed E-state index contributed by atoms with van der Waals surface area (Å²) in [6, 6.07) is 0. The molecule has 22 heavy (non-hydrogen) atoms. The Kier molecular flexibility index (Phi) is 6.39. The average molecular weight is 301 g/mol. The molecule has 0 aromatic carbocycles. The summed E-state index contributed by atoms with van der Waals surface area (Å²) in [5, 5.41) is 3.49. The van der Waals surface area contributed by atoms with Gasteiger partial charge in [0.1, 0.15) is 17.8 Å². The lowest BCUT2D eigenvalue weighted by Crippen LogP contribution is -2.27. The van der Waals surface area contributed by atoms with Crippen LogP contribution in [0.15, 0.2) is 12.5 Å². The first-order valence-electron chi connectivity index (χ1n) is 7.32. The highest BCUT2D eigenvalue weighted by Gasteiger charge is 2.09. The highest BCUT2D eigenvalue weighted by molar-refractivity contribution is 5.92. The molecule has 0 saturated heterocycles. The third kappa shape index (κ3) is 3.98. The molecule has 0 aliphatic heterocycles. The van der Waals surface area contributed by atoms with Gasteiger partial charge in [-0.1, -0.05) is 39.5 Å². The third-order valence-electron chi connectivity index (χ3n) is 2.88. The Morgan fingerprint density at radius 2 is 2.09 bits per heavy atom. The van der Waals surface area contributed by atoms with E-state index >= 15 is 0 Å². The minimum Gasteiger partial charge on any atom is -0.383 e. The van der Waals surface area contributed by atoms with Gasteiger partial charge in [0.15, 0.2) is 0 Å². The molecule has 2 aromatic heterocycles. The Bertz CT molecular complexity index is 706. The number of carbonyl (C=O) groups is 1. The molecule has 0 radical (unpaired) electrons. The number of fused-ring (bicyclic) bond motifs is 1. The predicted molar refractivity (Wildman–Crippen MR) is 89.0 cm³/mol. The number of nitrogens with zero attached hydrogens (tertiary/aromatic N) is 3. The zero-order valence-electron chi connectivity index (χ0n) is 13.8. The third-order valence-corrected chi connectivity index (χ3v) is 2.88. The summed E-state index contributed by atoms with van der Waals surface area (Å²) in [5.41, 5.74) is 7.37. The molecule has 0 aliphatic carbocycles. The molecule has 6 heteroatoms. The smallest absolute Gasteiger partial charge is 0.223 e. The van der Waals surface area contributed by atoms with Gasteiger partial charge in [0.2, 0.25) is 5.91 Å². The molecular formula is C16H23N5O. The number of carbonyl (C=O) groups excluding carboxylic acids is 1. The Morgan fingerprint density at radius 1 is 1.41 bits per heavy atom. The van der Waals surface area contributed by atoms with E-state index in [1.54, 1.807) is 0 Å². The molecular weight excluding hydrogens is 278 g/mol. The number of hydrogen-bond acceptors (Lipinski definition) is 4. The maximum Gasteiger partial charge on any atom is 0.223 e. The van der Waals surface area contributed by atoms with Gasteiger partial charge in [-0.3, -0.25) is 4.79 Å². The van der Waals surface area contributed by atoms with E-state index in [1.807, 2.05) is 45.5 Å². The Hall–Kier alpha value is -2.55. The number of nitrogens with one attached hydrogen (secondary N) is 1. The van der Waals surface area contributed by atoms with Crippen LogP contribution in [0.25, 0.3) is 11.0 Å². The maximum atomic E-state index is 11.4. The molecule has 0 fully saturated rings. The lowest BCUT2D eigenvalue weighted by Gasteiger charge is -2.02. The highest BCUT2D eigenvalue weighted by atomic mass is 16.1. The van der Waals surface area contributed by atoms with Crippen LogP contribution in [0.5, 0.6) is 0 Å². The van der Waals surface area contributed by atoms with Crippen LogP contribution >= 0.6 is 0 Å². The number of hydrogen-bond donors (Lipinski definition) is 2. The molecule has 0 aliphatic rings. The van der Waals surface area contributed by atoms with E-state index in [1.165, 1.54) is 6.33 Å². The van der Waals surface area contributed by atoms with E-state index in [0.717, 1.165) is 16.6 Å². The fourth-order valence-corrected chi connectivity index (χ4v) is 1.80. The van der Waals surface area contributed by atoms with Gasteiger partial charge in [-0.05, 0) is 0 Å². The number of rotatable bonds is 2. The summed E-state index contributed by atoms with van der Waals surface area (Å²) in [6.45, 7) is 7.98. The Morgan fingerprint density at radius 3 is 2.73 bits per heavy atom. The number of aromatic nitrogens is 3. The van der Waals surface area contributed by atoms with Crippen molar-refractivity contribution in [2.75, 3.05) is 12.3 Å². The van der Waals surface area contributed by atoms with E-state index in [0.29, 0.717) is 12.4 Å². The largest absolute Gasteiger partial charge is 0.383 e. The van der Waals surface area contributed by atoms with Crippen LogP contribution in [0.4, 0.5) is 5.82 Å². The van der Waals surface area contributed by atoms with Crippen molar-refractivity contribution >= 4 is 22.8 Å². The fraction of sp³-hybridized carbons (Fsp3) is 0.438. The van der Waals surface area contributed by atoms with Crippen molar-refractivity contribution in [1.29, 1.82) is 0 Å². The molecule has 2 heterocycles. The summed E-state index contributed by atoms with van der Waals surface area (Å²) in [5.74, 6) is 6.26. The second-order valence-corrected chi connectivity index (χ2v) is 4.79. The Labute approximate surface area is 131 Å². The first kappa shape index (κ1) is 17.5. The molecule has 3 N–H and O–H groups in total. The predicted octanol–water partition coefficient (Wildman–Crippen LogP) is 1.70.